The fraction of sp³-hybridized carbons (Fsp3) is 1.00. The molecule has 0 amide bonds. The zero-order valence-corrected chi connectivity index (χ0v) is 8.34. The van der Waals surface area contributed by atoms with Crippen molar-refractivity contribution in [1.82, 2.24) is 5.32 Å². The van der Waals surface area contributed by atoms with E-state index in [0.717, 1.165) is 19.4 Å². The Labute approximate surface area is 75.1 Å². The topological polar surface area (TPSA) is 41.5 Å². The lowest BCUT2D eigenvalue weighted by Gasteiger charge is -2.21. The summed E-state index contributed by atoms with van der Waals surface area (Å²) in [5.41, 5.74) is 0. The first-order valence-corrected chi connectivity index (χ1v) is 4.57. The largest absolute Gasteiger partial charge is 0.393 e. The lowest BCUT2D eigenvalue weighted by molar-refractivity contribution is 0.0434. The number of hydrogen-bond acceptors (Lipinski definition) is 3. The van der Waals surface area contributed by atoms with E-state index in [1.807, 2.05) is 7.05 Å². The van der Waals surface area contributed by atoms with Crippen molar-refractivity contribution in [2.24, 2.45) is 5.92 Å². The van der Waals surface area contributed by atoms with Crippen molar-refractivity contribution in [3.8, 4) is 0 Å². The summed E-state index contributed by atoms with van der Waals surface area (Å²) in [5.74, 6) is 0.222. The molecule has 0 bridgehead atoms. The van der Waals surface area contributed by atoms with Crippen LogP contribution >= 0.6 is 0 Å². The molecule has 0 aromatic carbocycles. The number of nitrogens with one attached hydrogen (secondary N) is 1. The maximum atomic E-state index is 9.65. The van der Waals surface area contributed by atoms with Crippen molar-refractivity contribution in [2.45, 2.75) is 25.9 Å². The lowest BCUT2D eigenvalue weighted by Crippen LogP contribution is -2.33. The van der Waals surface area contributed by atoms with Crippen LogP contribution in [0.25, 0.3) is 0 Å². The van der Waals surface area contributed by atoms with E-state index in [9.17, 15) is 5.11 Å². The first kappa shape index (κ1) is 11.9. The van der Waals surface area contributed by atoms with Crippen molar-refractivity contribution in [1.29, 1.82) is 0 Å². The molecule has 2 atom stereocenters. The summed E-state index contributed by atoms with van der Waals surface area (Å²) in [6.45, 7) is 3.52. The highest BCUT2D eigenvalue weighted by Gasteiger charge is 2.16. The van der Waals surface area contributed by atoms with E-state index in [-0.39, 0.29) is 12.0 Å². The second kappa shape index (κ2) is 7.53. The van der Waals surface area contributed by atoms with Gasteiger partial charge in [0.2, 0.25) is 0 Å². The summed E-state index contributed by atoms with van der Waals surface area (Å²) >= 11 is 0. The standard InChI is InChI=1S/C9H21NO2/c1-4-5-9(11)8(6-10-2)7-12-3/h8-11H,4-7H2,1-3H3/t8?,9-/m0/s1. The number of methoxy groups -OCH3 is 1. The van der Waals surface area contributed by atoms with Gasteiger partial charge in [0, 0.05) is 19.6 Å². The Bertz CT molecular complexity index is 92.5. The molecular formula is C9H21NO2. The van der Waals surface area contributed by atoms with Crippen LogP contribution in [0.5, 0.6) is 0 Å². The minimum absolute atomic E-state index is 0.222. The van der Waals surface area contributed by atoms with Crippen molar-refractivity contribution < 1.29 is 9.84 Å². The second-order valence-electron chi connectivity index (χ2n) is 3.13. The molecule has 0 saturated heterocycles. The van der Waals surface area contributed by atoms with E-state index < -0.39 is 0 Å². The van der Waals surface area contributed by atoms with Crippen LogP contribution in [0.4, 0.5) is 0 Å². The number of aliphatic hydroxyl groups excluding tert-OH is 1. The van der Waals surface area contributed by atoms with Gasteiger partial charge in [-0.1, -0.05) is 13.3 Å². The molecular weight excluding hydrogens is 154 g/mol. The van der Waals surface area contributed by atoms with Gasteiger partial charge in [-0.15, -0.1) is 0 Å². The zero-order chi connectivity index (χ0) is 9.40. The van der Waals surface area contributed by atoms with Crippen molar-refractivity contribution in [3.63, 3.8) is 0 Å². The molecule has 0 aliphatic rings. The molecule has 0 fully saturated rings. The van der Waals surface area contributed by atoms with E-state index in [1.54, 1.807) is 7.11 Å². The maximum absolute atomic E-state index is 9.65. The van der Waals surface area contributed by atoms with Gasteiger partial charge in [0.15, 0.2) is 0 Å². The Morgan fingerprint density at radius 2 is 2.17 bits per heavy atom. The molecule has 0 heterocycles. The second-order valence-corrected chi connectivity index (χ2v) is 3.13. The number of ether oxygens (including phenoxy) is 1. The molecule has 1 unspecified atom stereocenters. The number of hydrogen-bond donors (Lipinski definition) is 2. The van der Waals surface area contributed by atoms with Gasteiger partial charge in [-0.2, -0.15) is 0 Å². The molecule has 0 aromatic heterocycles. The lowest BCUT2D eigenvalue weighted by atomic mass is 9.99. The van der Waals surface area contributed by atoms with Crippen molar-refractivity contribution in [3.05, 3.63) is 0 Å². The van der Waals surface area contributed by atoms with Gasteiger partial charge in [0.1, 0.15) is 0 Å². The molecule has 74 valence electrons. The minimum atomic E-state index is -0.234. The predicted octanol–water partition coefficient (Wildman–Crippen LogP) is 0.629. The van der Waals surface area contributed by atoms with Crippen LogP contribution in [0, 0.1) is 5.92 Å². The quantitative estimate of drug-likeness (QED) is 0.596. The average Bonchev–Trinajstić information content (AvgIpc) is 2.04. The van der Waals surface area contributed by atoms with Gasteiger partial charge < -0.3 is 15.2 Å². The molecule has 3 heteroatoms. The van der Waals surface area contributed by atoms with Crippen molar-refractivity contribution in [2.75, 3.05) is 27.3 Å². The van der Waals surface area contributed by atoms with Crippen LogP contribution in [0.15, 0.2) is 0 Å². The molecule has 0 aliphatic carbocycles. The third kappa shape index (κ3) is 4.70. The Morgan fingerprint density at radius 1 is 1.50 bits per heavy atom. The summed E-state index contributed by atoms with van der Waals surface area (Å²) < 4.78 is 5.02. The Kier molecular flexibility index (Phi) is 7.45. The van der Waals surface area contributed by atoms with Gasteiger partial charge in [0.05, 0.1) is 12.7 Å². The fourth-order valence-electron chi connectivity index (χ4n) is 1.31. The summed E-state index contributed by atoms with van der Waals surface area (Å²) in [4.78, 5) is 0. The molecule has 2 N–H and O–H groups in total. The van der Waals surface area contributed by atoms with Gasteiger partial charge in [-0.3, -0.25) is 0 Å². The predicted molar refractivity (Wildman–Crippen MR) is 50.2 cm³/mol. The smallest absolute Gasteiger partial charge is 0.0602 e. The highest BCUT2D eigenvalue weighted by molar-refractivity contribution is 4.69. The average molecular weight is 175 g/mol. The van der Waals surface area contributed by atoms with Gasteiger partial charge in [-0.25, -0.2) is 0 Å². The molecule has 0 aliphatic heterocycles. The monoisotopic (exact) mass is 175 g/mol. The van der Waals surface area contributed by atoms with Crippen molar-refractivity contribution >= 4 is 0 Å². The van der Waals surface area contributed by atoms with Crippen LogP contribution in [0.1, 0.15) is 19.8 Å². The van der Waals surface area contributed by atoms with Crippen LogP contribution in [0.2, 0.25) is 0 Å². The van der Waals surface area contributed by atoms with Crippen LogP contribution in [-0.2, 0) is 4.74 Å². The Morgan fingerprint density at radius 3 is 2.58 bits per heavy atom. The fourth-order valence-corrected chi connectivity index (χ4v) is 1.31. The normalized spacial score (nSPS) is 16.0. The highest BCUT2D eigenvalue weighted by atomic mass is 16.5. The molecule has 0 aromatic rings. The molecule has 3 nitrogen and oxygen atoms in total. The van der Waals surface area contributed by atoms with E-state index >= 15 is 0 Å². The minimum Gasteiger partial charge on any atom is -0.393 e. The van der Waals surface area contributed by atoms with E-state index in [0.29, 0.717) is 6.61 Å². The summed E-state index contributed by atoms with van der Waals surface area (Å²) in [7, 11) is 3.56. The van der Waals surface area contributed by atoms with Crippen LogP contribution in [-0.4, -0.2) is 38.5 Å². The number of aliphatic hydroxyl groups is 1. The van der Waals surface area contributed by atoms with Gasteiger partial charge >= 0.3 is 0 Å². The molecule has 0 spiro atoms. The van der Waals surface area contributed by atoms with E-state index in [1.165, 1.54) is 0 Å². The summed E-state index contributed by atoms with van der Waals surface area (Å²) in [5, 5.41) is 12.7. The first-order valence-electron chi connectivity index (χ1n) is 4.57. The SMILES string of the molecule is CCC[C@H](O)C(CNC)COC. The molecule has 12 heavy (non-hydrogen) atoms. The van der Waals surface area contributed by atoms with E-state index in [4.69, 9.17) is 4.74 Å². The third-order valence-electron chi connectivity index (χ3n) is 1.98. The van der Waals surface area contributed by atoms with Gasteiger partial charge in [0.25, 0.3) is 0 Å². The Hall–Kier alpha value is -0.120. The highest BCUT2D eigenvalue weighted by Crippen LogP contribution is 2.09. The molecule has 0 rings (SSSR count). The van der Waals surface area contributed by atoms with Gasteiger partial charge in [-0.05, 0) is 13.5 Å². The molecule has 0 radical (unpaired) electrons. The number of rotatable bonds is 7. The molecule has 0 saturated carbocycles. The Balaban J connectivity index is 3.72. The summed E-state index contributed by atoms with van der Waals surface area (Å²) in [6.07, 6.45) is 1.64. The summed E-state index contributed by atoms with van der Waals surface area (Å²) in [6, 6.07) is 0. The zero-order valence-electron chi connectivity index (χ0n) is 8.34. The van der Waals surface area contributed by atoms with Crippen LogP contribution in [0.3, 0.4) is 0 Å². The van der Waals surface area contributed by atoms with Crippen LogP contribution < -0.4 is 5.32 Å². The maximum Gasteiger partial charge on any atom is 0.0602 e. The van der Waals surface area contributed by atoms with E-state index in [2.05, 4.69) is 12.2 Å². The third-order valence-corrected chi connectivity index (χ3v) is 1.98. The first-order chi connectivity index (χ1) is 5.76.